The minimum Gasteiger partial charge on any atom is -0.490 e. The molecule has 1 fully saturated rings. The van der Waals surface area contributed by atoms with Crippen LogP contribution in [0.2, 0.25) is 0 Å². The highest BCUT2D eigenvalue weighted by Crippen LogP contribution is 2.22. The second-order valence-corrected chi connectivity index (χ2v) is 10.7. The highest BCUT2D eigenvalue weighted by molar-refractivity contribution is 7.89. The molecule has 6 nitrogen and oxygen atoms in total. The monoisotopic (exact) mass is 515 g/mol. The van der Waals surface area contributed by atoms with Gasteiger partial charge < -0.3 is 9.64 Å². The van der Waals surface area contributed by atoms with E-state index in [1.54, 1.807) is 19.1 Å². The summed E-state index contributed by atoms with van der Waals surface area (Å²) in [6.45, 7) is 4.98. The lowest BCUT2D eigenvalue weighted by Crippen LogP contribution is -2.48. The van der Waals surface area contributed by atoms with E-state index in [2.05, 4.69) is 34.1 Å². The Bertz CT molecular complexity index is 1260. The van der Waals surface area contributed by atoms with Crippen LogP contribution in [0, 0.1) is 12.7 Å². The molecule has 9 heteroatoms. The van der Waals surface area contributed by atoms with Crippen molar-refractivity contribution >= 4 is 15.7 Å². The van der Waals surface area contributed by atoms with Crippen LogP contribution in [0.3, 0.4) is 0 Å². The van der Waals surface area contributed by atoms with Gasteiger partial charge in [-0.05, 0) is 72.5 Å². The largest absolute Gasteiger partial charge is 0.490 e. The van der Waals surface area contributed by atoms with Crippen LogP contribution < -0.4 is 14.8 Å². The van der Waals surface area contributed by atoms with Gasteiger partial charge in [0, 0.05) is 38.4 Å². The predicted octanol–water partition coefficient (Wildman–Crippen LogP) is 3.91. The van der Waals surface area contributed by atoms with Gasteiger partial charge in [-0.25, -0.2) is 22.3 Å². The minimum atomic E-state index is -3.79. The van der Waals surface area contributed by atoms with Gasteiger partial charge in [0.05, 0.1) is 4.90 Å². The van der Waals surface area contributed by atoms with Crippen LogP contribution in [0.25, 0.3) is 0 Å². The zero-order chi connectivity index (χ0) is 25.7. The third-order valence-electron chi connectivity index (χ3n) is 6.35. The van der Waals surface area contributed by atoms with Crippen LogP contribution in [-0.2, 0) is 16.4 Å². The van der Waals surface area contributed by atoms with Crippen molar-refractivity contribution in [2.75, 3.05) is 44.2 Å². The number of nitrogens with two attached hydrogens (primary N) is 1. The highest BCUT2D eigenvalue weighted by atomic mass is 32.2. The number of halogens is 2. The molecule has 0 amide bonds. The molecule has 3 aromatic rings. The maximum Gasteiger partial charge on any atom is 0.238 e. The van der Waals surface area contributed by atoms with E-state index in [0.29, 0.717) is 11.3 Å². The van der Waals surface area contributed by atoms with Crippen molar-refractivity contribution < 1.29 is 21.9 Å². The predicted molar refractivity (Wildman–Crippen MR) is 137 cm³/mol. The molecule has 0 aromatic heterocycles. The second-order valence-electron chi connectivity index (χ2n) is 9.14. The van der Waals surface area contributed by atoms with Crippen molar-refractivity contribution in [3.63, 3.8) is 0 Å². The van der Waals surface area contributed by atoms with Gasteiger partial charge in [-0.2, -0.15) is 0 Å². The van der Waals surface area contributed by atoms with Crippen molar-refractivity contribution in [2.24, 2.45) is 5.14 Å². The Hall–Kier alpha value is -3.01. The summed E-state index contributed by atoms with van der Waals surface area (Å²) in [6.07, 6.45) is -0.413. The highest BCUT2D eigenvalue weighted by Gasteiger charge is 2.21. The van der Waals surface area contributed by atoms with Gasteiger partial charge >= 0.3 is 0 Å². The molecule has 3 aromatic carbocycles. The lowest BCUT2D eigenvalue weighted by Gasteiger charge is -2.36. The summed E-state index contributed by atoms with van der Waals surface area (Å²) in [7, 11) is -3.79. The number of piperazine rings is 1. The Kier molecular flexibility index (Phi) is 8.23. The molecule has 1 aliphatic heterocycles. The number of benzene rings is 3. The Balaban J connectivity index is 1.22. The molecule has 0 aliphatic carbocycles. The quantitative estimate of drug-likeness (QED) is 0.468. The number of alkyl halides is 1. The van der Waals surface area contributed by atoms with E-state index in [9.17, 15) is 17.2 Å². The van der Waals surface area contributed by atoms with Crippen LogP contribution in [-0.4, -0.2) is 58.8 Å². The van der Waals surface area contributed by atoms with Gasteiger partial charge in [-0.1, -0.05) is 24.3 Å². The molecule has 1 saturated heterocycles. The third kappa shape index (κ3) is 7.02. The van der Waals surface area contributed by atoms with Gasteiger partial charge in [-0.3, -0.25) is 4.90 Å². The van der Waals surface area contributed by atoms with Crippen LogP contribution in [0.4, 0.5) is 14.5 Å². The van der Waals surface area contributed by atoms with Crippen molar-refractivity contribution in [3.05, 3.63) is 89.2 Å². The van der Waals surface area contributed by atoms with Crippen molar-refractivity contribution in [1.82, 2.24) is 4.90 Å². The normalized spacial score (nSPS) is 15.6. The number of hydrogen-bond donors (Lipinski definition) is 1. The molecule has 4 rings (SSSR count). The van der Waals surface area contributed by atoms with Crippen molar-refractivity contribution in [2.45, 2.75) is 24.4 Å². The molecular formula is C27H31F2N3O3S. The topological polar surface area (TPSA) is 75.9 Å². The molecule has 1 atom stereocenters. The summed E-state index contributed by atoms with van der Waals surface area (Å²) in [5, 5.41) is 5.14. The van der Waals surface area contributed by atoms with E-state index >= 15 is 0 Å². The van der Waals surface area contributed by atoms with Gasteiger partial charge in [0.15, 0.2) is 0 Å². The number of sulfonamides is 1. The third-order valence-corrected chi connectivity index (χ3v) is 7.26. The first-order chi connectivity index (χ1) is 17.2. The molecular weight excluding hydrogens is 484 g/mol. The molecule has 192 valence electrons. The van der Waals surface area contributed by atoms with Crippen LogP contribution >= 0.6 is 0 Å². The van der Waals surface area contributed by atoms with E-state index in [-0.39, 0.29) is 23.9 Å². The Morgan fingerprint density at radius 3 is 2.14 bits per heavy atom. The van der Waals surface area contributed by atoms with E-state index in [1.807, 2.05) is 0 Å². The van der Waals surface area contributed by atoms with E-state index in [1.165, 1.54) is 35.9 Å². The molecule has 1 aliphatic rings. The first kappa shape index (κ1) is 26.1. The van der Waals surface area contributed by atoms with E-state index in [0.717, 1.165) is 43.9 Å². The fourth-order valence-corrected chi connectivity index (χ4v) is 4.92. The number of primary sulfonamides is 1. The number of rotatable bonds is 9. The summed E-state index contributed by atoms with van der Waals surface area (Å²) in [5.74, 6) is 0.213. The SMILES string of the molecule is Cc1cc(S(N)(=O)=O)ccc1OCC(F)CN1CCN(c2ccc(Cc3ccc(F)cc3)cc2)CC1. The van der Waals surface area contributed by atoms with Crippen LogP contribution in [0.5, 0.6) is 5.75 Å². The molecule has 0 bridgehead atoms. The standard InChI is InChI=1S/C27H31F2N3O3S/c1-20-16-26(36(30,33)34)10-11-27(20)35-19-24(29)18-31-12-14-32(15-13-31)25-8-4-22(5-9-25)17-21-2-6-23(28)7-3-21/h2-11,16,24H,12-15,17-19H2,1H3,(H2,30,33,34). The van der Waals surface area contributed by atoms with Crippen molar-refractivity contribution in [3.8, 4) is 5.75 Å². The maximum absolute atomic E-state index is 14.6. The fraction of sp³-hybridized carbons (Fsp3) is 0.333. The average Bonchev–Trinajstić information content (AvgIpc) is 2.85. The number of ether oxygens (including phenoxy) is 1. The Morgan fingerprint density at radius 2 is 1.56 bits per heavy atom. The van der Waals surface area contributed by atoms with Crippen LogP contribution in [0.1, 0.15) is 16.7 Å². The molecule has 1 unspecified atom stereocenters. The smallest absolute Gasteiger partial charge is 0.238 e. The fourth-order valence-electron chi connectivity index (χ4n) is 4.33. The van der Waals surface area contributed by atoms with Gasteiger partial charge in [-0.15, -0.1) is 0 Å². The van der Waals surface area contributed by atoms with Gasteiger partial charge in [0.1, 0.15) is 24.3 Å². The summed E-state index contributed by atoms with van der Waals surface area (Å²) in [5.41, 5.74) is 3.96. The van der Waals surface area contributed by atoms with Gasteiger partial charge in [0.25, 0.3) is 0 Å². The minimum absolute atomic E-state index is 0.00420. The first-order valence-corrected chi connectivity index (χ1v) is 13.4. The number of aryl methyl sites for hydroxylation is 1. The zero-order valence-corrected chi connectivity index (χ0v) is 21.1. The molecule has 0 saturated carbocycles. The number of nitrogens with zero attached hydrogens (tertiary/aromatic N) is 2. The number of hydrogen-bond acceptors (Lipinski definition) is 5. The Morgan fingerprint density at radius 1 is 0.944 bits per heavy atom. The summed E-state index contributed by atoms with van der Waals surface area (Å²) >= 11 is 0. The molecule has 1 heterocycles. The Labute approximate surface area is 211 Å². The van der Waals surface area contributed by atoms with Gasteiger partial charge in [0.2, 0.25) is 10.0 Å². The molecule has 2 N–H and O–H groups in total. The molecule has 0 spiro atoms. The summed E-state index contributed by atoms with van der Waals surface area (Å²) < 4.78 is 56.2. The zero-order valence-electron chi connectivity index (χ0n) is 20.2. The maximum atomic E-state index is 14.6. The second kappa shape index (κ2) is 11.4. The van der Waals surface area contributed by atoms with E-state index in [4.69, 9.17) is 9.88 Å². The number of anilines is 1. The molecule has 36 heavy (non-hydrogen) atoms. The lowest BCUT2D eigenvalue weighted by atomic mass is 10.0. The first-order valence-electron chi connectivity index (χ1n) is 11.9. The van der Waals surface area contributed by atoms with E-state index < -0.39 is 16.2 Å². The summed E-state index contributed by atoms with van der Waals surface area (Å²) in [6, 6.07) is 19.2. The summed E-state index contributed by atoms with van der Waals surface area (Å²) in [4.78, 5) is 4.38. The van der Waals surface area contributed by atoms with Crippen molar-refractivity contribution in [1.29, 1.82) is 0 Å². The average molecular weight is 516 g/mol. The lowest BCUT2D eigenvalue weighted by molar-refractivity contribution is 0.133. The molecule has 0 radical (unpaired) electrons. The van der Waals surface area contributed by atoms with Crippen LogP contribution in [0.15, 0.2) is 71.6 Å².